The molecule has 2 aromatic carbocycles. The molecule has 0 bridgehead atoms. The van der Waals surface area contributed by atoms with Crippen LogP contribution in [0.5, 0.6) is 0 Å². The Morgan fingerprint density at radius 1 is 1.28 bits per heavy atom. The SMILES string of the molecule is CCCCc1ccc(N2CC(C(=O)Nc3nc4ccc(Cl)cc4s3)CC2=O)cc1. The zero-order valence-electron chi connectivity index (χ0n) is 16.2. The minimum Gasteiger partial charge on any atom is -0.312 e. The minimum atomic E-state index is -0.391. The number of anilines is 2. The van der Waals surface area contributed by atoms with Gasteiger partial charge in [0.05, 0.1) is 16.1 Å². The number of unbranched alkanes of at least 4 members (excludes halogenated alkanes) is 1. The maximum absolute atomic E-state index is 12.7. The lowest BCUT2D eigenvalue weighted by atomic mass is 10.1. The van der Waals surface area contributed by atoms with Crippen LogP contribution in [0.15, 0.2) is 42.5 Å². The molecule has 2 amide bonds. The molecule has 1 N–H and O–H groups in total. The van der Waals surface area contributed by atoms with Crippen molar-refractivity contribution in [3.05, 3.63) is 53.1 Å². The number of hydrogen-bond donors (Lipinski definition) is 1. The molecular weight excluding hydrogens is 406 g/mol. The van der Waals surface area contributed by atoms with E-state index < -0.39 is 5.92 Å². The quantitative estimate of drug-likeness (QED) is 0.581. The fraction of sp³-hybridized carbons (Fsp3) is 0.318. The number of nitrogens with one attached hydrogen (secondary N) is 1. The van der Waals surface area contributed by atoms with Gasteiger partial charge in [-0.2, -0.15) is 0 Å². The number of benzene rings is 2. The van der Waals surface area contributed by atoms with Crippen molar-refractivity contribution in [1.82, 2.24) is 4.98 Å². The van der Waals surface area contributed by atoms with Crippen molar-refractivity contribution in [3.8, 4) is 0 Å². The van der Waals surface area contributed by atoms with Crippen LogP contribution in [0.25, 0.3) is 10.2 Å². The molecule has 1 aromatic heterocycles. The van der Waals surface area contributed by atoms with E-state index in [-0.39, 0.29) is 18.2 Å². The molecule has 0 spiro atoms. The highest BCUT2D eigenvalue weighted by Crippen LogP contribution is 2.30. The smallest absolute Gasteiger partial charge is 0.231 e. The number of carbonyl (C=O) groups is 2. The van der Waals surface area contributed by atoms with Gasteiger partial charge in [0.25, 0.3) is 0 Å². The number of carbonyl (C=O) groups excluding carboxylic acids is 2. The molecule has 1 fully saturated rings. The summed E-state index contributed by atoms with van der Waals surface area (Å²) in [6, 6.07) is 13.5. The van der Waals surface area contributed by atoms with Gasteiger partial charge in [-0.25, -0.2) is 4.98 Å². The summed E-state index contributed by atoms with van der Waals surface area (Å²) >= 11 is 7.39. The van der Waals surface area contributed by atoms with Gasteiger partial charge in [-0.05, 0) is 48.7 Å². The maximum Gasteiger partial charge on any atom is 0.231 e. The largest absolute Gasteiger partial charge is 0.312 e. The minimum absolute atomic E-state index is 0.0254. The van der Waals surface area contributed by atoms with E-state index in [4.69, 9.17) is 11.6 Å². The molecule has 0 radical (unpaired) electrons. The number of hydrogen-bond acceptors (Lipinski definition) is 4. The molecule has 150 valence electrons. The Kier molecular flexibility index (Phi) is 5.83. The highest BCUT2D eigenvalue weighted by molar-refractivity contribution is 7.22. The monoisotopic (exact) mass is 427 g/mol. The molecule has 1 atom stereocenters. The van der Waals surface area contributed by atoms with Crippen molar-refractivity contribution >= 4 is 55.8 Å². The lowest BCUT2D eigenvalue weighted by Gasteiger charge is -2.17. The predicted octanol–water partition coefficient (Wildman–Crippen LogP) is 5.28. The fourth-order valence-corrected chi connectivity index (χ4v) is 4.66. The molecule has 2 heterocycles. The van der Waals surface area contributed by atoms with Crippen LogP contribution in [-0.4, -0.2) is 23.3 Å². The van der Waals surface area contributed by atoms with E-state index in [2.05, 4.69) is 29.4 Å². The number of amides is 2. The molecule has 1 aliphatic rings. The first-order chi connectivity index (χ1) is 14.0. The molecule has 7 heteroatoms. The predicted molar refractivity (Wildman–Crippen MR) is 119 cm³/mol. The number of fused-ring (bicyclic) bond motifs is 1. The third kappa shape index (κ3) is 4.43. The number of aryl methyl sites for hydroxylation is 1. The van der Waals surface area contributed by atoms with Gasteiger partial charge < -0.3 is 10.2 Å². The summed E-state index contributed by atoms with van der Waals surface area (Å²) in [4.78, 5) is 31.3. The first kappa shape index (κ1) is 19.9. The van der Waals surface area contributed by atoms with Crippen LogP contribution in [0.2, 0.25) is 5.02 Å². The van der Waals surface area contributed by atoms with Gasteiger partial charge in [0, 0.05) is 23.7 Å². The Labute approximate surface area is 178 Å². The number of halogens is 1. The molecule has 3 aromatic rings. The Morgan fingerprint density at radius 2 is 2.07 bits per heavy atom. The molecule has 0 saturated carbocycles. The van der Waals surface area contributed by atoms with E-state index in [1.165, 1.54) is 16.9 Å². The number of aromatic nitrogens is 1. The van der Waals surface area contributed by atoms with E-state index >= 15 is 0 Å². The van der Waals surface area contributed by atoms with Crippen molar-refractivity contribution in [2.45, 2.75) is 32.6 Å². The van der Waals surface area contributed by atoms with E-state index in [1.54, 1.807) is 11.0 Å². The van der Waals surface area contributed by atoms with Crippen LogP contribution >= 0.6 is 22.9 Å². The summed E-state index contributed by atoms with van der Waals surface area (Å²) in [5.74, 6) is -0.592. The van der Waals surface area contributed by atoms with Crippen molar-refractivity contribution in [3.63, 3.8) is 0 Å². The normalized spacial score (nSPS) is 16.6. The summed E-state index contributed by atoms with van der Waals surface area (Å²) in [7, 11) is 0. The van der Waals surface area contributed by atoms with Crippen LogP contribution in [-0.2, 0) is 16.0 Å². The standard InChI is InChI=1S/C22H22ClN3O2S/c1-2-3-4-14-5-8-17(9-6-14)26-13-15(11-20(26)27)21(28)25-22-24-18-10-7-16(23)12-19(18)29-22/h5-10,12,15H,2-4,11,13H2,1H3,(H,24,25,28). The van der Waals surface area contributed by atoms with E-state index in [0.717, 1.165) is 35.2 Å². The Balaban J connectivity index is 1.41. The third-order valence-electron chi connectivity index (χ3n) is 5.14. The van der Waals surface area contributed by atoms with Crippen LogP contribution in [0.1, 0.15) is 31.7 Å². The lowest BCUT2D eigenvalue weighted by Crippen LogP contribution is -2.28. The zero-order chi connectivity index (χ0) is 20.4. The van der Waals surface area contributed by atoms with Gasteiger partial charge in [-0.3, -0.25) is 9.59 Å². The van der Waals surface area contributed by atoms with Gasteiger partial charge in [0.2, 0.25) is 11.8 Å². The molecule has 29 heavy (non-hydrogen) atoms. The van der Waals surface area contributed by atoms with Crippen LogP contribution in [0.4, 0.5) is 10.8 Å². The molecule has 4 rings (SSSR count). The third-order valence-corrected chi connectivity index (χ3v) is 6.31. The summed E-state index contributed by atoms with van der Waals surface area (Å²) in [5, 5.41) is 4.03. The Hall–Kier alpha value is -2.44. The molecule has 1 saturated heterocycles. The molecule has 1 aliphatic heterocycles. The van der Waals surface area contributed by atoms with Gasteiger partial charge in [0.1, 0.15) is 0 Å². The number of rotatable bonds is 6. The highest BCUT2D eigenvalue weighted by Gasteiger charge is 2.35. The van der Waals surface area contributed by atoms with E-state index in [9.17, 15) is 9.59 Å². The van der Waals surface area contributed by atoms with Crippen LogP contribution < -0.4 is 10.2 Å². The van der Waals surface area contributed by atoms with Crippen molar-refractivity contribution in [2.24, 2.45) is 5.92 Å². The van der Waals surface area contributed by atoms with Crippen LogP contribution in [0.3, 0.4) is 0 Å². The summed E-state index contributed by atoms with van der Waals surface area (Å²) < 4.78 is 0.917. The number of nitrogens with zero attached hydrogens (tertiary/aromatic N) is 2. The first-order valence-electron chi connectivity index (χ1n) is 9.79. The fourth-order valence-electron chi connectivity index (χ4n) is 3.52. The van der Waals surface area contributed by atoms with Gasteiger partial charge in [0.15, 0.2) is 5.13 Å². The van der Waals surface area contributed by atoms with Crippen molar-refractivity contribution < 1.29 is 9.59 Å². The van der Waals surface area contributed by atoms with E-state index in [1.807, 2.05) is 24.3 Å². The van der Waals surface area contributed by atoms with Crippen LogP contribution in [0, 0.1) is 5.92 Å². The average molecular weight is 428 g/mol. The Bertz CT molecular complexity index is 1050. The van der Waals surface area contributed by atoms with Gasteiger partial charge in [-0.15, -0.1) is 0 Å². The van der Waals surface area contributed by atoms with Crippen molar-refractivity contribution in [1.29, 1.82) is 0 Å². The second-order valence-electron chi connectivity index (χ2n) is 7.30. The second kappa shape index (κ2) is 8.51. The Morgan fingerprint density at radius 3 is 2.83 bits per heavy atom. The summed E-state index contributed by atoms with van der Waals surface area (Å²) in [6.07, 6.45) is 3.57. The number of thiazole rings is 1. The zero-order valence-corrected chi connectivity index (χ0v) is 17.7. The molecule has 5 nitrogen and oxygen atoms in total. The van der Waals surface area contributed by atoms with Gasteiger partial charge >= 0.3 is 0 Å². The lowest BCUT2D eigenvalue weighted by molar-refractivity contribution is -0.122. The molecule has 1 unspecified atom stereocenters. The van der Waals surface area contributed by atoms with Crippen molar-refractivity contribution in [2.75, 3.05) is 16.8 Å². The first-order valence-corrected chi connectivity index (χ1v) is 11.0. The summed E-state index contributed by atoms with van der Waals surface area (Å²) in [6.45, 7) is 2.56. The molecular formula is C22H22ClN3O2S. The van der Waals surface area contributed by atoms with E-state index in [0.29, 0.717) is 16.7 Å². The highest BCUT2D eigenvalue weighted by atomic mass is 35.5. The topological polar surface area (TPSA) is 62.3 Å². The second-order valence-corrected chi connectivity index (χ2v) is 8.76. The average Bonchev–Trinajstić information content (AvgIpc) is 3.29. The maximum atomic E-state index is 12.7. The molecule has 0 aliphatic carbocycles. The van der Waals surface area contributed by atoms with Gasteiger partial charge in [-0.1, -0.05) is 48.4 Å². The summed E-state index contributed by atoms with van der Waals surface area (Å²) in [5.41, 5.74) is 2.91.